The van der Waals surface area contributed by atoms with Crippen LogP contribution in [-0.2, 0) is 4.74 Å². The van der Waals surface area contributed by atoms with Gasteiger partial charge < -0.3 is 9.47 Å². The zero-order chi connectivity index (χ0) is 14.2. The normalized spacial score (nSPS) is 11.6. The van der Waals surface area contributed by atoms with Crippen LogP contribution in [0.5, 0.6) is 5.88 Å². The molecule has 0 fully saturated rings. The third kappa shape index (κ3) is 2.70. The molecule has 0 aliphatic heterocycles. The second kappa shape index (κ2) is 4.57. The molecule has 0 saturated carbocycles. The van der Waals surface area contributed by atoms with Crippen molar-refractivity contribution in [3.63, 3.8) is 0 Å². The van der Waals surface area contributed by atoms with Gasteiger partial charge in [0, 0.05) is 17.1 Å². The Morgan fingerprint density at radius 2 is 2.00 bits per heavy atom. The van der Waals surface area contributed by atoms with E-state index in [2.05, 4.69) is 4.98 Å². The summed E-state index contributed by atoms with van der Waals surface area (Å²) in [6.07, 6.45) is 1.22. The first kappa shape index (κ1) is 13.4. The zero-order valence-electron chi connectivity index (χ0n) is 11.9. The van der Waals surface area contributed by atoms with E-state index in [1.807, 2.05) is 33.8 Å². The Morgan fingerprint density at radius 1 is 1.32 bits per heavy atom. The lowest BCUT2D eigenvalue weighted by Crippen LogP contribution is -2.27. The van der Waals surface area contributed by atoms with Crippen molar-refractivity contribution in [3.05, 3.63) is 24.0 Å². The number of aryl methyl sites for hydroxylation is 1. The summed E-state index contributed by atoms with van der Waals surface area (Å²) in [6.45, 7) is 7.38. The quantitative estimate of drug-likeness (QED) is 0.792. The minimum atomic E-state index is -0.528. The molecule has 0 bridgehead atoms. The van der Waals surface area contributed by atoms with Gasteiger partial charge in [0.15, 0.2) is 0 Å². The lowest BCUT2D eigenvalue weighted by Gasteiger charge is -2.20. The van der Waals surface area contributed by atoms with E-state index in [0.29, 0.717) is 11.4 Å². The van der Waals surface area contributed by atoms with E-state index in [0.717, 1.165) is 11.1 Å². The van der Waals surface area contributed by atoms with Crippen LogP contribution < -0.4 is 4.74 Å². The summed E-state index contributed by atoms with van der Waals surface area (Å²) in [5.74, 6) is 0.522. The van der Waals surface area contributed by atoms with Gasteiger partial charge in [0.1, 0.15) is 5.60 Å². The van der Waals surface area contributed by atoms with E-state index in [4.69, 9.17) is 9.47 Å². The molecule has 2 rings (SSSR count). The van der Waals surface area contributed by atoms with Gasteiger partial charge in [-0.25, -0.2) is 14.3 Å². The van der Waals surface area contributed by atoms with Gasteiger partial charge in [0.2, 0.25) is 5.88 Å². The minimum absolute atomic E-state index is 0.396. The maximum absolute atomic E-state index is 12.2. The van der Waals surface area contributed by atoms with Crippen LogP contribution in [0.15, 0.2) is 18.3 Å². The highest BCUT2D eigenvalue weighted by Crippen LogP contribution is 2.23. The third-order valence-corrected chi connectivity index (χ3v) is 2.63. The number of pyridine rings is 1. The Labute approximate surface area is 112 Å². The monoisotopic (exact) mass is 262 g/mol. The molecule has 0 radical (unpaired) electrons. The van der Waals surface area contributed by atoms with Gasteiger partial charge >= 0.3 is 6.09 Å². The van der Waals surface area contributed by atoms with Gasteiger partial charge in [-0.05, 0) is 33.8 Å². The molecular formula is C14H18N2O3. The third-order valence-electron chi connectivity index (χ3n) is 2.63. The Hall–Kier alpha value is -2.04. The molecule has 0 saturated heterocycles. The van der Waals surface area contributed by atoms with Crippen molar-refractivity contribution in [2.24, 2.45) is 0 Å². The lowest BCUT2D eigenvalue weighted by molar-refractivity contribution is 0.0541. The van der Waals surface area contributed by atoms with E-state index in [1.54, 1.807) is 19.4 Å². The minimum Gasteiger partial charge on any atom is -0.481 e. The highest BCUT2D eigenvalue weighted by molar-refractivity contribution is 5.90. The van der Waals surface area contributed by atoms with Gasteiger partial charge in [0.05, 0.1) is 18.8 Å². The first-order valence-corrected chi connectivity index (χ1v) is 6.07. The zero-order valence-corrected chi connectivity index (χ0v) is 11.9. The summed E-state index contributed by atoms with van der Waals surface area (Å²) < 4.78 is 12.0. The fraction of sp³-hybridized carbons (Fsp3) is 0.429. The van der Waals surface area contributed by atoms with Crippen LogP contribution in [0.25, 0.3) is 10.9 Å². The van der Waals surface area contributed by atoms with Crippen LogP contribution in [0.4, 0.5) is 4.79 Å². The number of rotatable bonds is 1. The fourth-order valence-corrected chi connectivity index (χ4v) is 1.89. The molecule has 0 unspecified atom stereocenters. The van der Waals surface area contributed by atoms with Crippen LogP contribution in [0.3, 0.4) is 0 Å². The predicted octanol–water partition coefficient (Wildman–Crippen LogP) is 3.14. The van der Waals surface area contributed by atoms with E-state index < -0.39 is 11.7 Å². The van der Waals surface area contributed by atoms with E-state index in [1.165, 1.54) is 4.57 Å². The summed E-state index contributed by atoms with van der Waals surface area (Å²) in [5.41, 5.74) is 0.992. The first-order chi connectivity index (χ1) is 8.81. The van der Waals surface area contributed by atoms with Crippen LogP contribution in [0, 0.1) is 6.92 Å². The Kier molecular flexibility index (Phi) is 3.22. The van der Waals surface area contributed by atoms with Crippen LogP contribution in [-0.4, -0.2) is 28.4 Å². The van der Waals surface area contributed by atoms with Crippen molar-refractivity contribution < 1.29 is 14.3 Å². The van der Waals surface area contributed by atoms with Gasteiger partial charge in [-0.3, -0.25) is 0 Å². The summed E-state index contributed by atoms with van der Waals surface area (Å²) >= 11 is 0. The van der Waals surface area contributed by atoms with Crippen LogP contribution in [0.1, 0.15) is 26.5 Å². The number of carbonyl (C=O) groups excluding carboxylic acids is 1. The number of ether oxygens (including phenoxy) is 2. The molecule has 2 aromatic rings. The standard InChI is InChI=1S/C14H18N2O3/c1-9-6-10-7-12(18-5)15-8-11(10)16(9)13(17)19-14(2,3)4/h6-8H,1-5H3. The number of aromatic nitrogens is 2. The number of methoxy groups -OCH3 is 1. The lowest BCUT2D eigenvalue weighted by atomic mass is 10.2. The smallest absolute Gasteiger partial charge is 0.419 e. The summed E-state index contributed by atoms with van der Waals surface area (Å²) in [4.78, 5) is 16.3. The Balaban J connectivity index is 2.49. The largest absolute Gasteiger partial charge is 0.481 e. The Morgan fingerprint density at radius 3 is 2.58 bits per heavy atom. The Bertz CT molecular complexity index is 623. The van der Waals surface area contributed by atoms with Crippen LogP contribution >= 0.6 is 0 Å². The van der Waals surface area contributed by atoms with E-state index in [9.17, 15) is 4.79 Å². The van der Waals surface area contributed by atoms with E-state index in [-0.39, 0.29) is 0 Å². The molecule has 0 aliphatic rings. The van der Waals surface area contributed by atoms with Crippen molar-refractivity contribution >= 4 is 17.0 Å². The van der Waals surface area contributed by atoms with Gasteiger partial charge in [-0.1, -0.05) is 0 Å². The maximum Gasteiger partial charge on any atom is 0.419 e. The topological polar surface area (TPSA) is 53.4 Å². The summed E-state index contributed by atoms with van der Waals surface area (Å²) in [6, 6.07) is 3.70. The molecule has 0 aliphatic carbocycles. The van der Waals surface area contributed by atoms with Crippen molar-refractivity contribution in [3.8, 4) is 5.88 Å². The summed E-state index contributed by atoms with van der Waals surface area (Å²) in [7, 11) is 1.56. The molecule has 0 atom stereocenters. The van der Waals surface area contributed by atoms with Crippen molar-refractivity contribution in [1.29, 1.82) is 0 Å². The number of fused-ring (bicyclic) bond motifs is 1. The molecule has 19 heavy (non-hydrogen) atoms. The highest BCUT2D eigenvalue weighted by Gasteiger charge is 2.21. The average molecular weight is 262 g/mol. The molecule has 5 heteroatoms. The van der Waals surface area contributed by atoms with E-state index >= 15 is 0 Å². The molecule has 2 heterocycles. The van der Waals surface area contributed by atoms with Gasteiger partial charge in [-0.15, -0.1) is 0 Å². The fourth-order valence-electron chi connectivity index (χ4n) is 1.89. The van der Waals surface area contributed by atoms with Crippen molar-refractivity contribution in [2.45, 2.75) is 33.3 Å². The second-order valence-electron chi connectivity index (χ2n) is 5.39. The SMILES string of the molecule is COc1cc2cc(C)n(C(=O)OC(C)(C)C)c2cn1. The molecule has 2 aromatic heterocycles. The van der Waals surface area contributed by atoms with Crippen LogP contribution in [0.2, 0.25) is 0 Å². The predicted molar refractivity (Wildman–Crippen MR) is 72.7 cm³/mol. The van der Waals surface area contributed by atoms with Gasteiger partial charge in [-0.2, -0.15) is 0 Å². The maximum atomic E-state index is 12.2. The number of hydrogen-bond donors (Lipinski definition) is 0. The highest BCUT2D eigenvalue weighted by atomic mass is 16.6. The molecule has 0 spiro atoms. The molecule has 5 nitrogen and oxygen atoms in total. The second-order valence-corrected chi connectivity index (χ2v) is 5.39. The van der Waals surface area contributed by atoms with Crippen molar-refractivity contribution in [2.75, 3.05) is 7.11 Å². The van der Waals surface area contributed by atoms with Crippen molar-refractivity contribution in [1.82, 2.24) is 9.55 Å². The molecule has 102 valence electrons. The number of carbonyl (C=O) groups is 1. The average Bonchev–Trinajstić information content (AvgIpc) is 2.61. The summed E-state index contributed by atoms with van der Waals surface area (Å²) in [5, 5.41) is 0.898. The molecular weight excluding hydrogens is 244 g/mol. The molecule has 0 N–H and O–H groups in total. The molecule has 0 amide bonds. The van der Waals surface area contributed by atoms with Gasteiger partial charge in [0.25, 0.3) is 0 Å². The number of nitrogens with zero attached hydrogens (tertiary/aromatic N) is 2. The molecule has 0 aromatic carbocycles. The number of hydrogen-bond acceptors (Lipinski definition) is 4. The first-order valence-electron chi connectivity index (χ1n) is 6.07.